The summed E-state index contributed by atoms with van der Waals surface area (Å²) in [6, 6.07) is 0. The molecule has 30 heteroatoms. The lowest BCUT2D eigenvalue weighted by atomic mass is 9.96. The van der Waals surface area contributed by atoms with E-state index in [1.165, 1.54) is 12.2 Å². The number of ether oxygens (including phenoxy) is 6. The molecule has 0 aliphatic carbocycles. The van der Waals surface area contributed by atoms with Gasteiger partial charge in [-0.1, -0.05) is 0 Å². The number of amides is 7. The first-order chi connectivity index (χ1) is 33.5. The second-order valence-electron chi connectivity index (χ2n) is 20.2. The Morgan fingerprint density at radius 3 is 1.19 bits per heavy atom. The van der Waals surface area contributed by atoms with Crippen molar-refractivity contribution in [1.29, 1.82) is 0 Å². The highest BCUT2D eigenvalue weighted by Gasteiger charge is 2.51. The number of quaternary nitrogens is 1. The first-order valence-corrected chi connectivity index (χ1v) is 22.5. The van der Waals surface area contributed by atoms with Crippen molar-refractivity contribution < 1.29 is 121 Å². The molecule has 10 atom stereocenters. The number of nitrogens with one attached hydrogen (secondary N) is 3. The van der Waals surface area contributed by atoms with Crippen LogP contribution in [0.25, 0.3) is 0 Å². The number of hydrogen-bond donors (Lipinski definition) is 9. The summed E-state index contributed by atoms with van der Waals surface area (Å²) < 4.78 is 65.0. The van der Waals surface area contributed by atoms with Crippen LogP contribution in [0, 0.1) is 0 Å². The summed E-state index contributed by atoms with van der Waals surface area (Å²) in [5, 5.41) is 59.7. The number of aliphatic hydroxyl groups is 4. The molecule has 422 valence electrons. The number of rotatable bonds is 12. The average Bonchev–Trinajstić information content (AvgIpc) is 3.75. The molecule has 11 N–H and O–H groups in total. The van der Waals surface area contributed by atoms with Crippen LogP contribution in [0.4, 0.5) is 13.2 Å². The molecular formula is C44H69F3N6O21. The molecule has 4 aliphatic rings. The van der Waals surface area contributed by atoms with E-state index in [4.69, 9.17) is 38.3 Å². The Hall–Kier alpha value is -5.54. The molecule has 7 amide bonds. The third kappa shape index (κ3) is 22.9. The van der Waals surface area contributed by atoms with E-state index >= 15 is 0 Å². The number of aliphatic hydroxyl groups excluding tert-OH is 4. The monoisotopic (exact) mass is 1070 g/mol. The highest BCUT2D eigenvalue weighted by atomic mass is 19.4. The predicted molar refractivity (Wildman–Crippen MR) is 239 cm³/mol. The lowest BCUT2D eigenvalue weighted by molar-refractivity contribution is -0.427. The molecule has 27 nitrogen and oxygen atoms in total. The number of aliphatic carboxylic acids is 2. The van der Waals surface area contributed by atoms with E-state index in [0.717, 1.165) is 22.0 Å². The van der Waals surface area contributed by atoms with Gasteiger partial charge in [0.1, 0.15) is 42.7 Å². The van der Waals surface area contributed by atoms with Crippen molar-refractivity contribution in [3.8, 4) is 0 Å². The third-order valence-electron chi connectivity index (χ3n) is 9.19. The van der Waals surface area contributed by atoms with Crippen LogP contribution in [-0.2, 0) is 71.6 Å². The maximum absolute atomic E-state index is 12.8. The number of nitrogens with zero attached hydrogens (tertiary/aromatic N) is 2. The maximum Gasteiger partial charge on any atom is 0.490 e. The van der Waals surface area contributed by atoms with Crippen molar-refractivity contribution in [3.63, 3.8) is 0 Å². The minimum Gasteiger partial charge on any atom is -0.547 e. The zero-order valence-electron chi connectivity index (χ0n) is 42.9. The second-order valence-corrected chi connectivity index (χ2v) is 20.2. The summed E-state index contributed by atoms with van der Waals surface area (Å²) in [7, 11) is 0. The van der Waals surface area contributed by atoms with Crippen LogP contribution in [0.2, 0.25) is 0 Å². The summed E-state index contributed by atoms with van der Waals surface area (Å²) in [5.74, 6) is -4.72. The van der Waals surface area contributed by atoms with E-state index in [2.05, 4.69) is 22.1 Å². The molecule has 0 bridgehead atoms. The Balaban J connectivity index is 0.000000565. The number of hydrogen-bond acceptors (Lipinski definition) is 20. The van der Waals surface area contributed by atoms with Gasteiger partial charge < -0.3 is 63.9 Å². The van der Waals surface area contributed by atoms with E-state index < -0.39 is 126 Å². The fourth-order valence-corrected chi connectivity index (χ4v) is 6.13. The quantitative estimate of drug-likeness (QED) is 0.0670. The predicted octanol–water partition coefficient (Wildman–Crippen LogP) is -3.72. The smallest absolute Gasteiger partial charge is 0.490 e. The first-order valence-electron chi connectivity index (χ1n) is 22.5. The number of carboxylic acid groups (broad SMARTS) is 2. The van der Waals surface area contributed by atoms with Crippen LogP contribution in [0.3, 0.4) is 0 Å². The van der Waals surface area contributed by atoms with Gasteiger partial charge in [-0.05, 0) is 83.1 Å². The molecule has 0 aromatic carbocycles. The molecule has 0 radical (unpaired) electrons. The summed E-state index contributed by atoms with van der Waals surface area (Å²) >= 11 is 0. The molecular weight excluding hydrogens is 1010 g/mol. The second kappa shape index (κ2) is 27.3. The van der Waals surface area contributed by atoms with Crippen LogP contribution in [-0.4, -0.2) is 192 Å². The van der Waals surface area contributed by atoms with Crippen LogP contribution in [0.15, 0.2) is 24.3 Å². The van der Waals surface area contributed by atoms with Crippen molar-refractivity contribution in [1.82, 2.24) is 26.1 Å². The number of halogens is 3. The van der Waals surface area contributed by atoms with Crippen molar-refractivity contribution >= 4 is 53.3 Å². The number of carboxylic acids is 2. The largest absolute Gasteiger partial charge is 0.547 e. The SMILES string of the molecule is CC(C)(C)O[C@@H]1OC(C(=O)NNC(=O)CCN2C(=O)C=CC2=O)[C@@H](OC(C)(C)C)[C@H](O)C1O.CC(C)(C)O[C@@H]1OC(C(=O)[O-])[C@@H](OC(C)(C)C)[C@@H](O)C1O.O=C(O)C(F)(F)F.[NH3+]NC(=O)CCN1C(=O)C=CC1=O. The fourth-order valence-electron chi connectivity index (χ4n) is 6.13. The summed E-state index contributed by atoms with van der Waals surface area (Å²) in [4.78, 5) is 103. The molecule has 0 aromatic rings. The van der Waals surface area contributed by atoms with Gasteiger partial charge in [0.15, 0.2) is 18.7 Å². The van der Waals surface area contributed by atoms with Crippen molar-refractivity contribution in [2.24, 2.45) is 0 Å². The fraction of sp³-hybridized carbons (Fsp3) is 0.705. The third-order valence-corrected chi connectivity index (χ3v) is 9.19. The molecule has 4 heterocycles. The van der Waals surface area contributed by atoms with E-state index in [-0.39, 0.29) is 43.7 Å². The highest BCUT2D eigenvalue weighted by molar-refractivity contribution is 6.13. The summed E-state index contributed by atoms with van der Waals surface area (Å²) in [5.41, 5.74) is 3.58. The number of carbonyl (C=O) groups excluding carboxylic acids is 8. The van der Waals surface area contributed by atoms with Crippen molar-refractivity contribution in [3.05, 3.63) is 24.3 Å². The van der Waals surface area contributed by atoms with Gasteiger partial charge in [0.25, 0.3) is 35.4 Å². The minimum absolute atomic E-state index is 0.0860. The lowest BCUT2D eigenvalue weighted by Gasteiger charge is -2.46. The molecule has 2 fully saturated rings. The van der Waals surface area contributed by atoms with Gasteiger partial charge >= 0.3 is 12.1 Å². The topological polar surface area (TPSA) is 403 Å². The molecule has 0 aromatic heterocycles. The molecule has 0 spiro atoms. The van der Waals surface area contributed by atoms with Crippen molar-refractivity contribution in [2.45, 2.75) is 186 Å². The Morgan fingerprint density at radius 1 is 0.581 bits per heavy atom. The number of carbonyl (C=O) groups is 9. The normalized spacial score (nSPS) is 26.2. The minimum atomic E-state index is -5.08. The first kappa shape index (κ1) is 66.5. The zero-order valence-corrected chi connectivity index (χ0v) is 42.9. The highest BCUT2D eigenvalue weighted by Crippen LogP contribution is 2.31. The van der Waals surface area contributed by atoms with Gasteiger partial charge in [0.05, 0.1) is 28.4 Å². The van der Waals surface area contributed by atoms with Crippen molar-refractivity contribution in [2.75, 3.05) is 13.1 Å². The van der Waals surface area contributed by atoms with E-state index in [1.54, 1.807) is 83.1 Å². The summed E-state index contributed by atoms with van der Waals surface area (Å²) in [6.07, 6.45) is -14.6. The number of imide groups is 2. The van der Waals surface area contributed by atoms with E-state index in [1.807, 2.05) is 0 Å². The van der Waals surface area contributed by atoms with Gasteiger partial charge in [-0.15, -0.1) is 0 Å². The van der Waals surface area contributed by atoms with Gasteiger partial charge in [-0.3, -0.25) is 60.1 Å². The molecule has 4 unspecified atom stereocenters. The Morgan fingerprint density at radius 2 is 0.892 bits per heavy atom. The van der Waals surface area contributed by atoms with Gasteiger partial charge in [-0.25, -0.2) is 10.2 Å². The Kier molecular flexibility index (Phi) is 24.5. The van der Waals surface area contributed by atoms with Crippen LogP contribution in [0.5, 0.6) is 0 Å². The molecule has 0 saturated carbocycles. The Bertz CT molecular complexity index is 2030. The lowest BCUT2D eigenvalue weighted by Crippen LogP contribution is -2.67. The van der Waals surface area contributed by atoms with E-state index in [0.29, 0.717) is 0 Å². The molecule has 4 aliphatic heterocycles. The Labute approximate surface area is 423 Å². The van der Waals surface area contributed by atoms with Crippen LogP contribution >= 0.6 is 0 Å². The molecule has 4 rings (SSSR count). The van der Waals surface area contributed by atoms with Crippen LogP contribution in [0.1, 0.15) is 95.9 Å². The molecule has 74 heavy (non-hydrogen) atoms. The van der Waals surface area contributed by atoms with Crippen LogP contribution < -0.4 is 27.2 Å². The van der Waals surface area contributed by atoms with E-state index in [9.17, 15) is 77.1 Å². The average molecular weight is 1080 g/mol. The zero-order chi connectivity index (χ0) is 57.6. The van der Waals surface area contributed by atoms with Gasteiger partial charge in [0, 0.05) is 50.2 Å². The van der Waals surface area contributed by atoms with Gasteiger partial charge in [0.2, 0.25) is 5.91 Å². The number of alkyl halides is 3. The molecule has 2 saturated heterocycles. The summed E-state index contributed by atoms with van der Waals surface area (Å²) in [6.45, 7) is 20.5. The maximum atomic E-state index is 12.8. The van der Waals surface area contributed by atoms with Gasteiger partial charge in [-0.2, -0.15) is 13.2 Å². The number of hydrazine groups is 1. The standard InChI is InChI=1S/C21H33N3O9.C14H26O7.C7H9N3O3.C2HF3O2/c1-20(2,3)32-16-14(28)15(29)19(33-21(4,5)6)31-17(16)18(30)23-22-11(25)9-10-24-12(26)7-8-13(24)27;1-13(2,3)20-9-7(15)8(16)12(21-14(4,5)6)19-10(9)11(17)18;8-9-5(11)3-4-10-6(12)1-2-7(10)13;3-2(4,5)1(6)7/h7-8,14-17,19,28-29H,9-10H2,1-6H3,(H,22,25)(H,23,30);7-10,12,15-16H,1-6H3,(H,17,18);1-2H,3-4,8H2,(H,9,11);(H,6,7)/t14-,15?,16+,17?,19+;7-,8?,9-,10?,12-;;/m10../s1.